The van der Waals surface area contributed by atoms with E-state index in [2.05, 4.69) is 15.1 Å². The third-order valence-corrected chi connectivity index (χ3v) is 6.23. The topological polar surface area (TPSA) is 83.5 Å². The van der Waals surface area contributed by atoms with E-state index in [1.807, 2.05) is 12.1 Å². The zero-order valence-electron chi connectivity index (χ0n) is 15.2. The van der Waals surface area contributed by atoms with Crippen molar-refractivity contribution in [1.29, 1.82) is 0 Å². The van der Waals surface area contributed by atoms with Crippen LogP contribution in [0, 0.1) is 0 Å². The normalized spacial score (nSPS) is 17.8. The molecular formula is C19H22N4O3S. The third-order valence-electron chi connectivity index (χ3n) is 5.07. The number of benzene rings is 1. The minimum atomic E-state index is -3.45. The fraction of sp³-hybridized carbons (Fsp3) is 0.421. The summed E-state index contributed by atoms with van der Waals surface area (Å²) in [7, 11) is -3.45. The number of amides is 1. The van der Waals surface area contributed by atoms with Crippen molar-refractivity contribution in [3.05, 3.63) is 47.7 Å². The Morgan fingerprint density at radius 1 is 1.00 bits per heavy atom. The second-order valence-electron chi connectivity index (χ2n) is 7.14. The Labute approximate surface area is 158 Å². The molecule has 0 radical (unpaired) electrons. The predicted molar refractivity (Wildman–Crippen MR) is 102 cm³/mol. The minimum absolute atomic E-state index is 0.0824. The highest BCUT2D eigenvalue weighted by Gasteiger charge is 2.28. The quantitative estimate of drug-likeness (QED) is 0.796. The summed E-state index contributed by atoms with van der Waals surface area (Å²) in [6.45, 7) is 2.32. The van der Waals surface area contributed by atoms with E-state index in [0.29, 0.717) is 32.1 Å². The largest absolute Gasteiger partial charge is 0.352 e. The summed E-state index contributed by atoms with van der Waals surface area (Å²) in [6.07, 6.45) is 3.52. The number of hydrogen-bond acceptors (Lipinski definition) is 6. The molecule has 27 heavy (non-hydrogen) atoms. The third kappa shape index (κ3) is 3.80. The van der Waals surface area contributed by atoms with Gasteiger partial charge in [-0.1, -0.05) is 12.1 Å². The molecule has 1 saturated carbocycles. The molecule has 2 heterocycles. The van der Waals surface area contributed by atoms with Gasteiger partial charge in [-0.2, -0.15) is 5.10 Å². The Kier molecular flexibility index (Phi) is 4.59. The number of carbonyl (C=O) groups excluding carboxylic acids is 1. The Balaban J connectivity index is 1.44. The maximum Gasteiger partial charge on any atom is 0.255 e. The highest BCUT2D eigenvalue weighted by atomic mass is 32.2. The van der Waals surface area contributed by atoms with Crippen LogP contribution in [0.4, 0.5) is 5.82 Å². The molecule has 2 fully saturated rings. The second-order valence-corrected chi connectivity index (χ2v) is 9.12. The molecule has 1 aromatic heterocycles. The van der Waals surface area contributed by atoms with Crippen LogP contribution in [0.3, 0.4) is 0 Å². The highest BCUT2D eigenvalue weighted by Crippen LogP contribution is 2.38. The van der Waals surface area contributed by atoms with Crippen LogP contribution in [-0.4, -0.2) is 61.9 Å². The molecule has 142 valence electrons. The van der Waals surface area contributed by atoms with Gasteiger partial charge in [-0.05, 0) is 37.1 Å². The molecule has 7 nitrogen and oxygen atoms in total. The average Bonchev–Trinajstić information content (AvgIpc) is 3.52. The summed E-state index contributed by atoms with van der Waals surface area (Å²) in [5, 5.41) is 8.65. The van der Waals surface area contributed by atoms with Gasteiger partial charge in [0.1, 0.15) is 0 Å². The zero-order valence-corrected chi connectivity index (χ0v) is 16.0. The van der Waals surface area contributed by atoms with Crippen LogP contribution < -0.4 is 4.90 Å². The van der Waals surface area contributed by atoms with Crippen molar-refractivity contribution < 1.29 is 13.2 Å². The van der Waals surface area contributed by atoms with Crippen molar-refractivity contribution in [3.8, 4) is 0 Å². The summed E-state index contributed by atoms with van der Waals surface area (Å²) in [4.78, 5) is 16.7. The molecule has 2 aromatic rings. The molecule has 0 atom stereocenters. The van der Waals surface area contributed by atoms with Gasteiger partial charge in [-0.25, -0.2) is 8.42 Å². The van der Waals surface area contributed by atoms with Crippen molar-refractivity contribution in [2.24, 2.45) is 0 Å². The Bertz CT molecular complexity index is 947. The molecule has 1 amide bonds. The van der Waals surface area contributed by atoms with Crippen molar-refractivity contribution in [2.75, 3.05) is 37.3 Å². The molecule has 1 saturated heterocycles. The lowest BCUT2D eigenvalue weighted by Gasteiger charge is -2.35. The number of aromatic nitrogens is 2. The van der Waals surface area contributed by atoms with E-state index in [4.69, 9.17) is 0 Å². The van der Waals surface area contributed by atoms with Gasteiger partial charge < -0.3 is 9.80 Å². The van der Waals surface area contributed by atoms with Crippen molar-refractivity contribution in [2.45, 2.75) is 23.7 Å². The van der Waals surface area contributed by atoms with Gasteiger partial charge in [0.15, 0.2) is 15.7 Å². The van der Waals surface area contributed by atoms with Crippen LogP contribution in [0.5, 0.6) is 0 Å². The minimum Gasteiger partial charge on any atom is -0.352 e. The van der Waals surface area contributed by atoms with Crippen LogP contribution in [0.1, 0.15) is 34.8 Å². The number of anilines is 1. The highest BCUT2D eigenvalue weighted by molar-refractivity contribution is 7.90. The SMILES string of the molecule is CS(=O)(=O)c1ccccc1C(=O)N1CCN(c2ccc(C3CC3)nn2)CC1. The first-order valence-electron chi connectivity index (χ1n) is 9.10. The first-order chi connectivity index (χ1) is 12.9. The van der Waals surface area contributed by atoms with Crippen molar-refractivity contribution in [3.63, 3.8) is 0 Å². The molecule has 4 rings (SSSR count). The molecule has 2 aliphatic rings. The molecule has 8 heteroatoms. The van der Waals surface area contributed by atoms with Crippen molar-refractivity contribution in [1.82, 2.24) is 15.1 Å². The smallest absolute Gasteiger partial charge is 0.255 e. The number of rotatable bonds is 4. The van der Waals surface area contributed by atoms with Gasteiger partial charge in [0.2, 0.25) is 0 Å². The summed E-state index contributed by atoms with van der Waals surface area (Å²) >= 11 is 0. The fourth-order valence-corrected chi connectivity index (χ4v) is 4.26. The molecule has 0 N–H and O–H groups in total. The van der Waals surface area contributed by atoms with E-state index in [1.54, 1.807) is 23.1 Å². The van der Waals surface area contributed by atoms with Crippen LogP contribution in [0.15, 0.2) is 41.3 Å². The van der Waals surface area contributed by atoms with Gasteiger partial charge >= 0.3 is 0 Å². The van der Waals surface area contributed by atoms with E-state index >= 15 is 0 Å². The Morgan fingerprint density at radius 3 is 2.30 bits per heavy atom. The monoisotopic (exact) mass is 386 g/mol. The summed E-state index contributed by atoms with van der Waals surface area (Å²) in [6, 6.07) is 10.4. The van der Waals surface area contributed by atoms with Crippen LogP contribution in [-0.2, 0) is 9.84 Å². The summed E-state index contributed by atoms with van der Waals surface area (Å²) in [5.41, 5.74) is 1.30. The van der Waals surface area contributed by atoms with Gasteiger partial charge in [-0.3, -0.25) is 4.79 Å². The number of sulfone groups is 1. The molecular weight excluding hydrogens is 364 g/mol. The van der Waals surface area contributed by atoms with Gasteiger partial charge in [0.05, 0.1) is 16.2 Å². The van der Waals surface area contributed by atoms with E-state index in [0.717, 1.165) is 17.8 Å². The first kappa shape index (κ1) is 17.9. The lowest BCUT2D eigenvalue weighted by Crippen LogP contribution is -2.49. The summed E-state index contributed by atoms with van der Waals surface area (Å²) < 4.78 is 23.9. The van der Waals surface area contributed by atoms with Gasteiger partial charge in [0.25, 0.3) is 5.91 Å². The van der Waals surface area contributed by atoms with Gasteiger partial charge in [0, 0.05) is 38.4 Å². The number of nitrogens with zero attached hydrogens (tertiary/aromatic N) is 4. The first-order valence-corrected chi connectivity index (χ1v) is 11.0. The molecule has 1 aromatic carbocycles. The molecule has 0 spiro atoms. The second kappa shape index (κ2) is 6.92. The van der Waals surface area contributed by atoms with Crippen LogP contribution >= 0.6 is 0 Å². The maximum absolute atomic E-state index is 12.9. The molecule has 0 unspecified atom stereocenters. The van der Waals surface area contributed by atoms with Gasteiger partial charge in [-0.15, -0.1) is 5.10 Å². The number of piperazine rings is 1. The van der Waals surface area contributed by atoms with E-state index < -0.39 is 9.84 Å². The van der Waals surface area contributed by atoms with E-state index in [9.17, 15) is 13.2 Å². The number of hydrogen-bond donors (Lipinski definition) is 0. The molecule has 1 aliphatic heterocycles. The standard InChI is InChI=1S/C19H22N4O3S/c1-27(25,26)17-5-3-2-4-15(17)19(24)23-12-10-22(11-13-23)18-9-8-16(20-21-18)14-6-7-14/h2-5,8-9,14H,6-7,10-13H2,1H3. The average molecular weight is 386 g/mol. The van der Waals surface area contributed by atoms with Crippen LogP contribution in [0.25, 0.3) is 0 Å². The zero-order chi connectivity index (χ0) is 19.0. The maximum atomic E-state index is 12.9. The van der Waals surface area contributed by atoms with Crippen molar-refractivity contribution >= 4 is 21.6 Å². The lowest BCUT2D eigenvalue weighted by atomic mass is 10.2. The lowest BCUT2D eigenvalue weighted by molar-refractivity contribution is 0.0742. The molecule has 1 aliphatic carbocycles. The molecule has 0 bridgehead atoms. The van der Waals surface area contributed by atoms with E-state index in [-0.39, 0.29) is 16.4 Å². The Hall–Kier alpha value is -2.48. The fourth-order valence-electron chi connectivity index (χ4n) is 3.38. The summed E-state index contributed by atoms with van der Waals surface area (Å²) in [5.74, 6) is 1.16. The van der Waals surface area contributed by atoms with Crippen LogP contribution in [0.2, 0.25) is 0 Å². The van der Waals surface area contributed by atoms with E-state index in [1.165, 1.54) is 18.9 Å². The number of carbonyl (C=O) groups is 1. The Morgan fingerprint density at radius 2 is 1.70 bits per heavy atom. The predicted octanol–water partition coefficient (Wildman–Crippen LogP) is 1.72.